The lowest BCUT2D eigenvalue weighted by Crippen LogP contribution is -2.60. The summed E-state index contributed by atoms with van der Waals surface area (Å²) in [4.78, 5) is 125. The summed E-state index contributed by atoms with van der Waals surface area (Å²) < 4.78 is 76.5. The van der Waals surface area contributed by atoms with Crippen molar-refractivity contribution < 1.29 is 90.5 Å². The predicted molar refractivity (Wildman–Crippen MR) is 362 cm³/mol. The van der Waals surface area contributed by atoms with E-state index in [1.807, 2.05) is 37.6 Å². The van der Waals surface area contributed by atoms with E-state index >= 15 is 0 Å². The molecule has 2 saturated heterocycles. The Morgan fingerprint density at radius 3 is 1.41 bits per heavy atom. The summed E-state index contributed by atoms with van der Waals surface area (Å²) in [5, 5.41) is 63.0. The number of aliphatic hydroxyl groups excluding tert-OH is 1. The number of aliphatic carboxylic acids is 1. The van der Waals surface area contributed by atoms with Gasteiger partial charge in [0.2, 0.25) is 20.0 Å². The molecule has 0 radical (unpaired) electrons. The third-order valence-corrected chi connectivity index (χ3v) is 20.0. The Morgan fingerprint density at radius 2 is 1.04 bits per heavy atom. The molecule has 0 amide bonds. The summed E-state index contributed by atoms with van der Waals surface area (Å²) in [7, 11) is -0.645. The Labute approximate surface area is 589 Å². The first-order chi connectivity index (χ1) is 48.9. The van der Waals surface area contributed by atoms with Gasteiger partial charge in [-0.25, -0.2) is 26.8 Å². The number of hydrogen-bond donors (Lipinski definition) is 4. The molecule has 2 fully saturated rings. The number of nitrogens with one attached hydrogen (secondary N) is 2. The second-order valence-corrected chi connectivity index (χ2v) is 27.6. The molecule has 2 aliphatic heterocycles. The molecule has 0 aliphatic carbocycles. The molecular weight excluding hydrogens is 1410 g/mol. The molecule has 2 atom stereocenters. The monoisotopic (exact) mass is 1490 g/mol. The van der Waals surface area contributed by atoms with Crippen molar-refractivity contribution in [3.05, 3.63) is 109 Å². The van der Waals surface area contributed by atoms with Crippen LogP contribution in [0, 0.1) is 40.5 Å². The maximum Gasteiger partial charge on any atom is 0.305 e. The van der Waals surface area contributed by atoms with Gasteiger partial charge in [0.05, 0.1) is 52.1 Å². The van der Waals surface area contributed by atoms with Crippen molar-refractivity contribution >= 4 is 54.1 Å². The maximum atomic E-state index is 13.7. The average molecular weight is 1500 g/mol. The first-order valence-electron chi connectivity index (χ1n) is 32.9. The van der Waals surface area contributed by atoms with Crippen LogP contribution in [0.25, 0.3) is 44.8 Å². The number of likely N-dealkylation sites (N-methyl/N-ethyl adjacent to an activating group) is 2. The van der Waals surface area contributed by atoms with Gasteiger partial charge in [-0.1, -0.05) is 39.5 Å². The SMILES string of the molecule is CCCc1nn(C)c2c(=O)[nH]c(-c3cc(S(=O)(=O)N4CC(N(C)CCO)C4)ccc3OCC)nc12.CCCc1nn(C)c2c(=O)[nH]c(-c3cc(S(=O)(=O)N4CC(N(C)CCOC(=O)CCCCC(CO[N+](=O)[O-])O[N+](=O)[O-])C4)ccc3OCC)nc12.O=C(O)CCCCC(CO[N+](=O)[O-])O[N+](=O)[O-]. The molecule has 6 aromatic rings. The van der Waals surface area contributed by atoms with Crippen LogP contribution in [0.1, 0.15) is 103 Å². The Morgan fingerprint density at radius 1 is 0.631 bits per heavy atom. The number of nitrogens with zero attached hydrogens (tertiary/aromatic N) is 14. The number of carboxylic acids is 1. The zero-order valence-corrected chi connectivity index (χ0v) is 59.7. The molecule has 0 bridgehead atoms. The molecule has 2 aliphatic rings. The molecule has 2 unspecified atom stereocenters. The minimum Gasteiger partial charge on any atom is -0.493 e. The van der Waals surface area contributed by atoms with E-state index in [2.05, 4.69) is 44.5 Å². The van der Waals surface area contributed by atoms with Gasteiger partial charge >= 0.3 is 11.9 Å². The van der Waals surface area contributed by atoms with Crippen LogP contribution in [0.2, 0.25) is 0 Å². The number of aromatic amines is 2. The van der Waals surface area contributed by atoms with Crippen LogP contribution in [0.15, 0.2) is 55.8 Å². The Balaban J connectivity index is 0.000000275. The second kappa shape index (κ2) is 38.4. The second-order valence-electron chi connectivity index (χ2n) is 23.7. The fourth-order valence-corrected chi connectivity index (χ4v) is 14.0. The molecule has 6 heterocycles. The van der Waals surface area contributed by atoms with Crippen molar-refractivity contribution in [2.24, 2.45) is 14.1 Å². The minimum absolute atomic E-state index is 0.0141. The summed E-state index contributed by atoms with van der Waals surface area (Å²) in [5.41, 5.74) is 3.01. The highest BCUT2D eigenvalue weighted by Gasteiger charge is 2.41. The predicted octanol–water partition coefficient (Wildman–Crippen LogP) is 3.26. The molecular formula is C60H86N16O25S2. The number of aliphatic hydroxyl groups is 1. The van der Waals surface area contributed by atoms with Gasteiger partial charge in [-0.15, -0.1) is 40.5 Å². The fraction of sp³-hybridized carbons (Fsp3) is 0.600. The number of carbonyl (C=O) groups excluding carboxylic acids is 1. The summed E-state index contributed by atoms with van der Waals surface area (Å²) in [6, 6.07) is 9.01. The van der Waals surface area contributed by atoms with E-state index in [4.69, 9.17) is 29.4 Å². The van der Waals surface area contributed by atoms with Crippen LogP contribution < -0.4 is 20.6 Å². The molecule has 0 spiro atoms. The molecule has 0 saturated carbocycles. The van der Waals surface area contributed by atoms with Gasteiger partial charge in [0.15, 0.2) is 11.0 Å². The molecule has 568 valence electrons. The highest BCUT2D eigenvalue weighted by Crippen LogP contribution is 2.36. The lowest BCUT2D eigenvalue weighted by molar-refractivity contribution is -0.790. The zero-order chi connectivity index (χ0) is 75.9. The van der Waals surface area contributed by atoms with E-state index in [0.717, 1.165) is 18.5 Å². The van der Waals surface area contributed by atoms with Crippen molar-refractivity contribution in [2.75, 3.05) is 93.0 Å². The van der Waals surface area contributed by atoms with E-state index in [-0.39, 0.29) is 91.1 Å². The van der Waals surface area contributed by atoms with Crippen LogP contribution in [-0.4, -0.2) is 235 Å². The smallest absolute Gasteiger partial charge is 0.305 e. The van der Waals surface area contributed by atoms with E-state index in [0.29, 0.717) is 128 Å². The number of carboxylic acid groups (broad SMARTS) is 1. The lowest BCUT2D eigenvalue weighted by atomic mass is 10.1. The van der Waals surface area contributed by atoms with Gasteiger partial charge in [0.25, 0.3) is 31.5 Å². The quantitative estimate of drug-likeness (QED) is 0.0185. The number of hydrogen-bond acceptors (Lipinski definition) is 30. The Kier molecular flexibility index (Phi) is 30.7. The number of unbranched alkanes of at least 4 members (excludes halogenated alkanes) is 2. The standard InChI is InChI=1S/C30H42N8O12S.C23H32N6O5S.C7H12N2O8/c1-5-9-24-27-28(35(4)33-24)30(40)32-29(31-27)23-16-22(12-13-25(23)47-6-2)51(45,46)36-17-20(18-36)34(3)14-15-48-26(39)11-8-7-10-21(50-38(43)44)19-49-37(41)42;1-5-7-18-20-21(28(4)26-18)23(31)25-22(24-20)17-12-16(8-9-19(17)34-6-2)35(32,33)29-13-15(14-29)27(3)10-11-30;10-7(11)4-2-1-3-6(17-9(14)15)5-16-8(12)13/h12-13,16,20-21H,5-11,14-15,17-19H2,1-4H3,(H,31,32,40);8-9,12,15,30H,5-7,10-11,13-14H2,1-4H3,(H,24,25,31);6H,1-5H2,(H,10,11). The van der Waals surface area contributed by atoms with E-state index in [9.17, 15) is 76.5 Å². The van der Waals surface area contributed by atoms with E-state index < -0.39 is 83.3 Å². The van der Waals surface area contributed by atoms with Gasteiger partial charge in [-0.05, 0) is 103 Å². The number of rotatable bonds is 41. The van der Waals surface area contributed by atoms with Crippen molar-refractivity contribution in [3.8, 4) is 34.3 Å². The number of esters is 1. The third kappa shape index (κ3) is 22.8. The highest BCUT2D eigenvalue weighted by atomic mass is 32.2. The number of sulfonamides is 2. The fourth-order valence-electron chi connectivity index (χ4n) is 11.0. The van der Waals surface area contributed by atoms with E-state index in [1.165, 1.54) is 42.2 Å². The normalized spacial score (nSPS) is 14.1. The topological polar surface area (TPSA) is 520 Å². The van der Waals surface area contributed by atoms with Gasteiger partial charge in [-0.3, -0.25) is 38.3 Å². The largest absolute Gasteiger partial charge is 0.493 e. The van der Waals surface area contributed by atoms with Crippen LogP contribution in [0.4, 0.5) is 0 Å². The van der Waals surface area contributed by atoms with E-state index in [1.54, 1.807) is 40.2 Å². The van der Waals surface area contributed by atoms with Crippen molar-refractivity contribution in [1.29, 1.82) is 0 Å². The van der Waals surface area contributed by atoms with Crippen molar-refractivity contribution in [1.82, 2.24) is 57.9 Å². The third-order valence-electron chi connectivity index (χ3n) is 16.4. The summed E-state index contributed by atoms with van der Waals surface area (Å²) in [6.45, 7) is 9.20. The summed E-state index contributed by atoms with van der Waals surface area (Å²) in [6.07, 6.45) is 2.15. The lowest BCUT2D eigenvalue weighted by Gasteiger charge is -2.42. The molecule has 41 nitrogen and oxygen atoms in total. The molecule has 43 heteroatoms. The molecule has 103 heavy (non-hydrogen) atoms. The van der Waals surface area contributed by atoms with Crippen molar-refractivity contribution in [2.45, 2.75) is 139 Å². The maximum absolute atomic E-state index is 13.7. The molecule has 2 aromatic carbocycles. The molecule has 4 aromatic heterocycles. The molecule has 8 rings (SSSR count). The Hall–Kier alpha value is -9.82. The summed E-state index contributed by atoms with van der Waals surface area (Å²) in [5.74, 6) is -0.258. The number of H-pyrrole nitrogens is 2. The van der Waals surface area contributed by atoms with Gasteiger partial charge in [0.1, 0.15) is 66.2 Å². The number of benzene rings is 2. The van der Waals surface area contributed by atoms with Crippen LogP contribution in [-0.2, 0) is 80.7 Å². The highest BCUT2D eigenvalue weighted by molar-refractivity contribution is 7.89. The van der Waals surface area contributed by atoms with Crippen LogP contribution >= 0.6 is 0 Å². The van der Waals surface area contributed by atoms with Crippen LogP contribution in [0.3, 0.4) is 0 Å². The molecule has 4 N–H and O–H groups in total. The first-order valence-corrected chi connectivity index (χ1v) is 35.8. The number of aromatic nitrogens is 8. The average Bonchev–Trinajstić information content (AvgIpc) is 1.75. The number of ether oxygens (including phenoxy) is 3. The summed E-state index contributed by atoms with van der Waals surface area (Å²) >= 11 is 0. The minimum atomic E-state index is -3.92. The van der Waals surface area contributed by atoms with Crippen LogP contribution in [0.5, 0.6) is 11.5 Å². The number of aryl methyl sites for hydroxylation is 4. The number of carbonyl (C=O) groups is 2. The van der Waals surface area contributed by atoms with Gasteiger partial charge in [0, 0.05) is 78.3 Å². The van der Waals surface area contributed by atoms with Gasteiger partial charge < -0.3 is 53.7 Å². The number of fused-ring (bicyclic) bond motifs is 2. The van der Waals surface area contributed by atoms with Crippen molar-refractivity contribution in [3.63, 3.8) is 0 Å². The van der Waals surface area contributed by atoms with Gasteiger partial charge in [-0.2, -0.15) is 18.8 Å². The Bertz CT molecular complexity index is 4270. The zero-order valence-electron chi connectivity index (χ0n) is 58.1. The first kappa shape index (κ1) is 82.1.